The topological polar surface area (TPSA) is 17.1 Å². The molecule has 1 heteroatoms. The van der Waals surface area contributed by atoms with Gasteiger partial charge in [-0.1, -0.05) is 68.4 Å². The standard InChI is InChI=1S/C18H20O/c1-14(19)16-9-11-17(12-10-16)18(2,3)13-15-7-5-4-6-8-15/h4-12H,13H2,1-3H3. The molecule has 0 atom stereocenters. The lowest BCUT2D eigenvalue weighted by Gasteiger charge is -2.25. The van der Waals surface area contributed by atoms with Crippen LogP contribution in [-0.4, -0.2) is 5.78 Å². The lowest BCUT2D eigenvalue weighted by atomic mass is 9.79. The number of hydrogen-bond acceptors (Lipinski definition) is 1. The SMILES string of the molecule is CC(=O)c1ccc(C(C)(C)Cc2ccccc2)cc1. The lowest BCUT2D eigenvalue weighted by Crippen LogP contribution is -2.20. The minimum atomic E-state index is 0.0661. The van der Waals surface area contributed by atoms with Gasteiger partial charge in [0.15, 0.2) is 5.78 Å². The van der Waals surface area contributed by atoms with Crippen LogP contribution in [0.2, 0.25) is 0 Å². The third-order valence-corrected chi connectivity index (χ3v) is 3.56. The first-order valence-electron chi connectivity index (χ1n) is 6.64. The molecule has 0 aliphatic rings. The Kier molecular flexibility index (Phi) is 3.84. The van der Waals surface area contributed by atoms with Crippen LogP contribution in [0.3, 0.4) is 0 Å². The van der Waals surface area contributed by atoms with Crippen LogP contribution >= 0.6 is 0 Å². The van der Waals surface area contributed by atoms with Crippen LogP contribution in [0.15, 0.2) is 54.6 Å². The molecule has 0 N–H and O–H groups in total. The quantitative estimate of drug-likeness (QED) is 0.737. The van der Waals surface area contributed by atoms with Crippen molar-refractivity contribution in [3.8, 4) is 0 Å². The van der Waals surface area contributed by atoms with E-state index in [0.29, 0.717) is 0 Å². The van der Waals surface area contributed by atoms with Crippen LogP contribution in [0.5, 0.6) is 0 Å². The van der Waals surface area contributed by atoms with E-state index in [1.54, 1.807) is 6.92 Å². The molecule has 0 aromatic heterocycles. The van der Waals surface area contributed by atoms with Crippen LogP contribution in [0.4, 0.5) is 0 Å². The number of carbonyl (C=O) groups excluding carboxylic acids is 1. The summed E-state index contributed by atoms with van der Waals surface area (Å²) in [6.07, 6.45) is 0.993. The normalized spacial score (nSPS) is 11.3. The molecule has 0 saturated carbocycles. The Morgan fingerprint density at radius 1 is 0.947 bits per heavy atom. The summed E-state index contributed by atoms with van der Waals surface area (Å²) < 4.78 is 0. The van der Waals surface area contributed by atoms with Gasteiger partial charge < -0.3 is 0 Å². The van der Waals surface area contributed by atoms with E-state index in [4.69, 9.17) is 0 Å². The number of hydrogen-bond donors (Lipinski definition) is 0. The molecule has 98 valence electrons. The minimum Gasteiger partial charge on any atom is -0.295 e. The van der Waals surface area contributed by atoms with E-state index in [1.807, 2.05) is 18.2 Å². The minimum absolute atomic E-state index is 0.0661. The predicted octanol–water partition coefficient (Wildman–Crippen LogP) is 4.41. The molecule has 0 unspecified atom stereocenters. The second kappa shape index (κ2) is 5.40. The second-order valence-corrected chi connectivity index (χ2v) is 5.68. The Labute approximate surface area is 115 Å². The van der Waals surface area contributed by atoms with Crippen molar-refractivity contribution in [2.24, 2.45) is 0 Å². The van der Waals surface area contributed by atoms with Gasteiger partial charge in [-0.15, -0.1) is 0 Å². The Hall–Kier alpha value is -1.89. The highest BCUT2D eigenvalue weighted by Crippen LogP contribution is 2.27. The van der Waals surface area contributed by atoms with E-state index >= 15 is 0 Å². The molecule has 0 amide bonds. The predicted molar refractivity (Wildman–Crippen MR) is 79.6 cm³/mol. The van der Waals surface area contributed by atoms with E-state index in [2.05, 4.69) is 50.2 Å². The maximum Gasteiger partial charge on any atom is 0.159 e. The summed E-state index contributed by atoms with van der Waals surface area (Å²) in [6.45, 7) is 6.08. The highest BCUT2D eigenvalue weighted by atomic mass is 16.1. The third-order valence-electron chi connectivity index (χ3n) is 3.56. The fraction of sp³-hybridized carbons (Fsp3) is 0.278. The fourth-order valence-corrected chi connectivity index (χ4v) is 2.36. The van der Waals surface area contributed by atoms with Crippen molar-refractivity contribution >= 4 is 5.78 Å². The molecule has 19 heavy (non-hydrogen) atoms. The van der Waals surface area contributed by atoms with Crippen LogP contribution in [-0.2, 0) is 11.8 Å². The summed E-state index contributed by atoms with van der Waals surface area (Å²) in [7, 11) is 0. The first-order chi connectivity index (χ1) is 8.99. The maximum atomic E-state index is 11.3. The van der Waals surface area contributed by atoms with Gasteiger partial charge in [0.25, 0.3) is 0 Å². The smallest absolute Gasteiger partial charge is 0.159 e. The lowest BCUT2D eigenvalue weighted by molar-refractivity contribution is 0.101. The van der Waals surface area contributed by atoms with E-state index in [-0.39, 0.29) is 11.2 Å². The Morgan fingerprint density at radius 2 is 1.53 bits per heavy atom. The molecule has 0 aliphatic heterocycles. The highest BCUT2D eigenvalue weighted by molar-refractivity contribution is 5.94. The number of rotatable bonds is 4. The zero-order valence-electron chi connectivity index (χ0n) is 11.8. The molecule has 0 heterocycles. The average molecular weight is 252 g/mol. The molecule has 2 aromatic rings. The molecule has 0 fully saturated rings. The molecule has 2 aromatic carbocycles. The summed E-state index contributed by atoms with van der Waals surface area (Å²) in [6, 6.07) is 18.5. The fourth-order valence-electron chi connectivity index (χ4n) is 2.36. The van der Waals surface area contributed by atoms with Crippen LogP contribution < -0.4 is 0 Å². The summed E-state index contributed by atoms with van der Waals surface area (Å²) >= 11 is 0. The third kappa shape index (κ3) is 3.31. The Morgan fingerprint density at radius 3 is 2.05 bits per heavy atom. The zero-order chi connectivity index (χ0) is 13.9. The van der Waals surface area contributed by atoms with Crippen LogP contribution in [0.25, 0.3) is 0 Å². The van der Waals surface area contributed by atoms with Crippen molar-refractivity contribution in [1.82, 2.24) is 0 Å². The van der Waals surface area contributed by atoms with Crippen molar-refractivity contribution in [2.45, 2.75) is 32.6 Å². The van der Waals surface area contributed by atoms with Crippen LogP contribution in [0, 0.1) is 0 Å². The van der Waals surface area contributed by atoms with Gasteiger partial charge in [0.05, 0.1) is 0 Å². The van der Waals surface area contributed by atoms with E-state index in [0.717, 1.165) is 12.0 Å². The number of Topliss-reactive ketones (excluding diaryl/α,β-unsaturated/α-hetero) is 1. The summed E-state index contributed by atoms with van der Waals surface area (Å²) in [5, 5.41) is 0. The molecule has 0 bridgehead atoms. The molecular weight excluding hydrogens is 232 g/mol. The number of benzene rings is 2. The Balaban J connectivity index is 2.21. The van der Waals surface area contributed by atoms with Crippen molar-refractivity contribution < 1.29 is 4.79 Å². The maximum absolute atomic E-state index is 11.3. The van der Waals surface area contributed by atoms with Gasteiger partial charge in [-0.3, -0.25) is 4.79 Å². The summed E-state index contributed by atoms with van der Waals surface area (Å²) in [5.74, 6) is 0.118. The second-order valence-electron chi connectivity index (χ2n) is 5.68. The molecule has 0 aliphatic carbocycles. The molecule has 0 spiro atoms. The van der Waals surface area contributed by atoms with Gasteiger partial charge in [-0.2, -0.15) is 0 Å². The molecule has 2 rings (SSSR count). The molecule has 0 saturated heterocycles. The summed E-state index contributed by atoms with van der Waals surface area (Å²) in [4.78, 5) is 11.3. The zero-order valence-corrected chi connectivity index (χ0v) is 11.8. The first-order valence-corrected chi connectivity index (χ1v) is 6.64. The van der Waals surface area contributed by atoms with Crippen molar-refractivity contribution in [2.75, 3.05) is 0 Å². The van der Waals surface area contributed by atoms with Gasteiger partial charge in [-0.05, 0) is 29.9 Å². The van der Waals surface area contributed by atoms with E-state index < -0.39 is 0 Å². The van der Waals surface area contributed by atoms with Crippen molar-refractivity contribution in [3.05, 3.63) is 71.3 Å². The van der Waals surface area contributed by atoms with Crippen molar-refractivity contribution in [3.63, 3.8) is 0 Å². The van der Waals surface area contributed by atoms with Gasteiger partial charge in [-0.25, -0.2) is 0 Å². The van der Waals surface area contributed by atoms with Gasteiger partial charge in [0.2, 0.25) is 0 Å². The monoisotopic (exact) mass is 252 g/mol. The largest absolute Gasteiger partial charge is 0.295 e. The number of ketones is 1. The summed E-state index contributed by atoms with van der Waals surface area (Å²) in [5.41, 5.74) is 3.44. The molecule has 0 radical (unpaired) electrons. The van der Waals surface area contributed by atoms with Crippen molar-refractivity contribution in [1.29, 1.82) is 0 Å². The van der Waals surface area contributed by atoms with Gasteiger partial charge in [0, 0.05) is 5.56 Å². The highest BCUT2D eigenvalue weighted by Gasteiger charge is 2.21. The average Bonchev–Trinajstić information content (AvgIpc) is 2.39. The van der Waals surface area contributed by atoms with E-state index in [1.165, 1.54) is 11.1 Å². The number of carbonyl (C=O) groups is 1. The van der Waals surface area contributed by atoms with E-state index in [9.17, 15) is 4.79 Å². The van der Waals surface area contributed by atoms with Crippen LogP contribution in [0.1, 0.15) is 42.3 Å². The van der Waals surface area contributed by atoms with Gasteiger partial charge >= 0.3 is 0 Å². The van der Waals surface area contributed by atoms with Gasteiger partial charge in [0.1, 0.15) is 0 Å². The molecule has 1 nitrogen and oxygen atoms in total. The molecular formula is C18H20O. The Bertz CT molecular complexity index is 550. The first kappa shape index (κ1) is 13.5.